The summed E-state index contributed by atoms with van der Waals surface area (Å²) < 4.78 is 1.28. The fourth-order valence-electron chi connectivity index (χ4n) is 1.79. The first kappa shape index (κ1) is 13.0. The van der Waals surface area contributed by atoms with Crippen molar-refractivity contribution in [2.75, 3.05) is 5.32 Å². The Bertz CT molecular complexity index is 667. The van der Waals surface area contributed by atoms with Crippen LogP contribution in [0.3, 0.4) is 0 Å². The predicted molar refractivity (Wildman–Crippen MR) is 69.9 cm³/mol. The lowest BCUT2D eigenvalue weighted by Crippen LogP contribution is -2.21. The number of benzene rings is 1. The molecule has 1 aromatic carbocycles. The second-order valence-electron chi connectivity index (χ2n) is 4.06. The van der Waals surface area contributed by atoms with E-state index in [4.69, 9.17) is 0 Å². The fourth-order valence-corrected chi connectivity index (χ4v) is 1.79. The van der Waals surface area contributed by atoms with Gasteiger partial charge in [0, 0.05) is 24.4 Å². The molecule has 2 aromatic rings. The van der Waals surface area contributed by atoms with Gasteiger partial charge in [-0.1, -0.05) is 0 Å². The van der Waals surface area contributed by atoms with Crippen molar-refractivity contribution in [2.45, 2.75) is 13.7 Å². The van der Waals surface area contributed by atoms with Crippen LogP contribution in [0.25, 0.3) is 10.9 Å². The Balaban J connectivity index is 2.68. The molecule has 0 spiro atoms. The third-order valence-corrected chi connectivity index (χ3v) is 2.55. The number of non-ortho nitro benzene ring substituents is 1. The van der Waals surface area contributed by atoms with Crippen LogP contribution >= 0.6 is 0 Å². The molecule has 98 valence electrons. The molecule has 0 radical (unpaired) electrons. The predicted octanol–water partition coefficient (Wildman–Crippen LogP) is 0.861. The third-order valence-electron chi connectivity index (χ3n) is 2.55. The molecule has 0 bridgehead atoms. The quantitative estimate of drug-likeness (QED) is 0.484. The zero-order valence-corrected chi connectivity index (χ0v) is 10.3. The van der Waals surface area contributed by atoms with E-state index in [0.29, 0.717) is 10.9 Å². The summed E-state index contributed by atoms with van der Waals surface area (Å²) in [6.07, 6.45) is 0. The van der Waals surface area contributed by atoms with Gasteiger partial charge in [-0.2, -0.15) is 5.10 Å². The van der Waals surface area contributed by atoms with E-state index in [1.165, 1.54) is 36.5 Å². The van der Waals surface area contributed by atoms with Gasteiger partial charge in [0.2, 0.25) is 5.91 Å². The number of anilines is 1. The summed E-state index contributed by atoms with van der Waals surface area (Å²) in [6, 6.07) is 4.12. The van der Waals surface area contributed by atoms with Crippen LogP contribution in [0.5, 0.6) is 0 Å². The maximum Gasteiger partial charge on any atom is 0.431 e. The summed E-state index contributed by atoms with van der Waals surface area (Å²) in [5, 5.41) is 27.3. The topological polar surface area (TPSA) is 110 Å². The highest BCUT2D eigenvalue weighted by Crippen LogP contribution is 2.27. The summed E-state index contributed by atoms with van der Waals surface area (Å²) in [6.45, 7) is 2.82. The maximum atomic E-state index is 11.1. The highest BCUT2D eigenvalue weighted by molar-refractivity contribution is 6.48. The third kappa shape index (κ3) is 2.40. The molecule has 1 heterocycles. The monoisotopic (exact) mass is 262 g/mol. The first-order chi connectivity index (χ1) is 8.90. The molecular weight excluding hydrogens is 251 g/mol. The van der Waals surface area contributed by atoms with E-state index in [-0.39, 0.29) is 17.4 Å². The number of carbonyl (C=O) groups excluding carboxylic acids is 1. The lowest BCUT2D eigenvalue weighted by Gasteiger charge is -2.01. The lowest BCUT2D eigenvalue weighted by atomic mass is 9.89. The minimum atomic E-state index is -0.911. The number of nitrogens with one attached hydrogen (secondary N) is 1. The SMILES string of the molecule is CB(O)n1nc(NC(C)=O)c2cc([N+](=O)[O-])ccc21. The van der Waals surface area contributed by atoms with E-state index in [9.17, 15) is 19.9 Å². The Morgan fingerprint density at radius 2 is 2.26 bits per heavy atom. The number of hydrogen-bond donors (Lipinski definition) is 2. The van der Waals surface area contributed by atoms with Gasteiger partial charge in [-0.05, 0) is 12.9 Å². The highest BCUT2D eigenvalue weighted by atomic mass is 16.6. The van der Waals surface area contributed by atoms with Gasteiger partial charge in [0.15, 0.2) is 5.82 Å². The largest absolute Gasteiger partial charge is 0.431 e. The van der Waals surface area contributed by atoms with Crippen molar-refractivity contribution < 1.29 is 14.7 Å². The van der Waals surface area contributed by atoms with Crippen LogP contribution in [0.2, 0.25) is 6.82 Å². The van der Waals surface area contributed by atoms with Gasteiger partial charge in [-0.15, -0.1) is 0 Å². The van der Waals surface area contributed by atoms with Gasteiger partial charge in [0.1, 0.15) is 0 Å². The van der Waals surface area contributed by atoms with Crippen molar-refractivity contribution in [3.05, 3.63) is 28.3 Å². The molecule has 2 N–H and O–H groups in total. The Labute approximate surface area is 108 Å². The normalized spacial score (nSPS) is 10.5. The Morgan fingerprint density at radius 3 is 2.79 bits per heavy atom. The summed E-state index contributed by atoms with van der Waals surface area (Å²) in [7, 11) is -0.911. The second kappa shape index (κ2) is 4.69. The number of aromatic nitrogens is 2. The molecule has 1 amide bonds. The zero-order valence-electron chi connectivity index (χ0n) is 10.3. The molecule has 0 saturated carbocycles. The average Bonchev–Trinajstić information content (AvgIpc) is 2.67. The molecule has 1 aromatic heterocycles. The maximum absolute atomic E-state index is 11.1. The molecule has 0 aliphatic rings. The first-order valence-corrected chi connectivity index (χ1v) is 5.52. The molecular formula is C10H11BN4O4. The van der Waals surface area contributed by atoms with Gasteiger partial charge < -0.3 is 10.3 Å². The number of nitro benzene ring substituents is 1. The molecule has 19 heavy (non-hydrogen) atoms. The van der Waals surface area contributed by atoms with Crippen LogP contribution in [-0.4, -0.2) is 32.6 Å². The molecule has 2 rings (SSSR count). The molecule has 0 aliphatic heterocycles. The molecule has 0 fully saturated rings. The van der Waals surface area contributed by atoms with Crippen LogP contribution in [0.4, 0.5) is 11.5 Å². The van der Waals surface area contributed by atoms with Crippen molar-refractivity contribution in [1.82, 2.24) is 9.69 Å². The molecule has 8 nitrogen and oxygen atoms in total. The summed E-state index contributed by atoms with van der Waals surface area (Å²) in [5.41, 5.74) is 0.397. The molecule has 0 saturated heterocycles. The number of nitrogens with zero attached hydrogens (tertiary/aromatic N) is 3. The van der Waals surface area contributed by atoms with Crippen LogP contribution in [0.15, 0.2) is 18.2 Å². The number of amides is 1. The smallest absolute Gasteiger partial charge is 0.431 e. The average molecular weight is 262 g/mol. The van der Waals surface area contributed by atoms with Crippen molar-refractivity contribution in [1.29, 1.82) is 0 Å². The van der Waals surface area contributed by atoms with Gasteiger partial charge in [0.25, 0.3) is 5.69 Å². The van der Waals surface area contributed by atoms with Crippen LogP contribution in [0.1, 0.15) is 6.92 Å². The number of nitro groups is 1. The van der Waals surface area contributed by atoms with Gasteiger partial charge in [-0.25, -0.2) is 0 Å². The van der Waals surface area contributed by atoms with E-state index in [1.54, 1.807) is 0 Å². The standard InChI is InChI=1S/C10H11BN4O4/c1-6(16)12-10-8-5-7(15(18)19)3-4-9(8)14(13-10)11(2)17/h3-5,17H,1-2H3,(H,12,13,16). The summed E-state index contributed by atoms with van der Waals surface area (Å²) >= 11 is 0. The van der Waals surface area contributed by atoms with Crippen LogP contribution in [0, 0.1) is 10.1 Å². The van der Waals surface area contributed by atoms with Crippen LogP contribution in [-0.2, 0) is 4.79 Å². The molecule has 0 unspecified atom stereocenters. The molecule has 0 atom stereocenters. The zero-order chi connectivity index (χ0) is 14.2. The summed E-state index contributed by atoms with van der Waals surface area (Å²) in [5.74, 6) is -0.157. The minimum Gasteiger partial charge on any atom is -0.431 e. The molecule has 0 aliphatic carbocycles. The fraction of sp³-hybridized carbons (Fsp3) is 0.200. The highest BCUT2D eigenvalue weighted by Gasteiger charge is 2.19. The van der Waals surface area contributed by atoms with Gasteiger partial charge >= 0.3 is 7.05 Å². The van der Waals surface area contributed by atoms with E-state index < -0.39 is 12.0 Å². The first-order valence-electron chi connectivity index (χ1n) is 5.52. The van der Waals surface area contributed by atoms with Crippen molar-refractivity contribution >= 4 is 35.4 Å². The number of fused-ring (bicyclic) bond motifs is 1. The number of hydrogen-bond acceptors (Lipinski definition) is 5. The van der Waals surface area contributed by atoms with E-state index in [0.717, 1.165) is 0 Å². The number of carbonyl (C=O) groups is 1. The van der Waals surface area contributed by atoms with Crippen molar-refractivity contribution in [2.24, 2.45) is 0 Å². The second-order valence-corrected chi connectivity index (χ2v) is 4.06. The minimum absolute atomic E-state index is 0.107. The Kier molecular flexibility index (Phi) is 3.22. The number of rotatable bonds is 3. The van der Waals surface area contributed by atoms with Crippen LogP contribution < -0.4 is 5.32 Å². The summed E-state index contributed by atoms with van der Waals surface area (Å²) in [4.78, 5) is 21.3. The van der Waals surface area contributed by atoms with E-state index >= 15 is 0 Å². The van der Waals surface area contributed by atoms with E-state index in [2.05, 4.69) is 10.4 Å². The van der Waals surface area contributed by atoms with Crippen molar-refractivity contribution in [3.63, 3.8) is 0 Å². The van der Waals surface area contributed by atoms with Gasteiger partial charge in [-0.3, -0.25) is 19.5 Å². The molecule has 9 heteroatoms. The van der Waals surface area contributed by atoms with E-state index in [1.807, 2.05) is 0 Å². The van der Waals surface area contributed by atoms with Gasteiger partial charge in [0.05, 0.1) is 10.4 Å². The van der Waals surface area contributed by atoms with Crippen molar-refractivity contribution in [3.8, 4) is 0 Å². The lowest BCUT2D eigenvalue weighted by molar-refractivity contribution is -0.384. The Morgan fingerprint density at radius 1 is 1.58 bits per heavy atom. The Hall–Kier alpha value is -2.42.